The first-order chi connectivity index (χ1) is 11.7. The molecule has 0 atom stereocenters. The number of methoxy groups -OCH3 is 1. The van der Waals surface area contributed by atoms with E-state index in [2.05, 4.69) is 41.3 Å². The van der Waals surface area contributed by atoms with E-state index in [1.54, 1.807) is 7.11 Å². The van der Waals surface area contributed by atoms with Crippen molar-refractivity contribution in [1.29, 1.82) is 0 Å². The Morgan fingerprint density at radius 2 is 2.08 bits per heavy atom. The number of nitrogens with zero attached hydrogens (tertiary/aromatic N) is 3. The van der Waals surface area contributed by atoms with Crippen LogP contribution in [-0.4, -0.2) is 54.6 Å². The summed E-state index contributed by atoms with van der Waals surface area (Å²) in [7, 11) is 1.73. The summed E-state index contributed by atoms with van der Waals surface area (Å²) in [6.07, 6.45) is 6.21. The van der Waals surface area contributed by atoms with Gasteiger partial charge < -0.3 is 9.47 Å². The van der Waals surface area contributed by atoms with Gasteiger partial charge in [0.2, 0.25) is 0 Å². The number of hydrogen-bond acceptors (Lipinski definition) is 4. The Balaban J connectivity index is 1.60. The molecule has 0 spiro atoms. The van der Waals surface area contributed by atoms with Crippen molar-refractivity contribution in [2.45, 2.75) is 26.3 Å². The monoisotopic (exact) mass is 329 g/mol. The average Bonchev–Trinajstić information content (AvgIpc) is 3.01. The van der Waals surface area contributed by atoms with Crippen molar-refractivity contribution >= 4 is 0 Å². The molecule has 130 valence electrons. The number of morpholine rings is 1. The smallest absolute Gasteiger partial charge is 0.123 e. The summed E-state index contributed by atoms with van der Waals surface area (Å²) in [6.45, 7) is 7.81. The van der Waals surface area contributed by atoms with Gasteiger partial charge >= 0.3 is 0 Å². The number of aryl methyl sites for hydroxylation is 2. The lowest BCUT2D eigenvalue weighted by molar-refractivity contribution is 0.0374. The molecular formula is C19H27N3O2. The van der Waals surface area contributed by atoms with Gasteiger partial charge in [-0.2, -0.15) is 5.10 Å². The maximum Gasteiger partial charge on any atom is 0.123 e. The van der Waals surface area contributed by atoms with Crippen LogP contribution in [0.25, 0.3) is 0 Å². The molecule has 1 fully saturated rings. The highest BCUT2D eigenvalue weighted by Crippen LogP contribution is 2.22. The Hall–Kier alpha value is -1.85. The lowest BCUT2D eigenvalue weighted by Gasteiger charge is -2.26. The van der Waals surface area contributed by atoms with E-state index < -0.39 is 0 Å². The third kappa shape index (κ3) is 4.58. The van der Waals surface area contributed by atoms with Crippen molar-refractivity contribution in [2.75, 3.05) is 40.0 Å². The second-order valence-corrected chi connectivity index (χ2v) is 6.42. The van der Waals surface area contributed by atoms with Gasteiger partial charge in [0.25, 0.3) is 0 Å². The minimum atomic E-state index is 0.744. The average molecular weight is 329 g/mol. The first-order valence-corrected chi connectivity index (χ1v) is 8.69. The minimum Gasteiger partial charge on any atom is -0.496 e. The Morgan fingerprint density at radius 3 is 2.79 bits per heavy atom. The quantitative estimate of drug-likeness (QED) is 0.782. The number of rotatable bonds is 7. The zero-order valence-electron chi connectivity index (χ0n) is 14.7. The maximum atomic E-state index is 5.52. The van der Waals surface area contributed by atoms with Gasteiger partial charge in [0.15, 0.2) is 0 Å². The van der Waals surface area contributed by atoms with E-state index in [1.807, 2.05) is 10.9 Å². The van der Waals surface area contributed by atoms with Gasteiger partial charge in [-0.05, 0) is 43.5 Å². The van der Waals surface area contributed by atoms with Crippen LogP contribution < -0.4 is 4.74 Å². The number of aromatic nitrogens is 2. The van der Waals surface area contributed by atoms with E-state index in [4.69, 9.17) is 9.47 Å². The van der Waals surface area contributed by atoms with E-state index in [1.165, 1.54) is 23.1 Å². The Kier molecular flexibility index (Phi) is 5.88. The van der Waals surface area contributed by atoms with Crippen molar-refractivity contribution in [2.24, 2.45) is 0 Å². The normalized spacial score (nSPS) is 15.6. The summed E-state index contributed by atoms with van der Waals surface area (Å²) in [5, 5.41) is 4.38. The molecule has 0 aliphatic carbocycles. The van der Waals surface area contributed by atoms with Crippen LogP contribution in [0.1, 0.15) is 23.1 Å². The summed E-state index contributed by atoms with van der Waals surface area (Å²) >= 11 is 0. The van der Waals surface area contributed by atoms with Crippen molar-refractivity contribution in [1.82, 2.24) is 14.7 Å². The van der Waals surface area contributed by atoms with E-state index in [9.17, 15) is 0 Å². The van der Waals surface area contributed by atoms with Crippen LogP contribution in [0.5, 0.6) is 5.75 Å². The highest BCUT2D eigenvalue weighted by Gasteiger charge is 2.10. The maximum absolute atomic E-state index is 5.52. The Bertz CT molecular complexity index is 648. The number of hydrogen-bond donors (Lipinski definition) is 0. The molecule has 1 aromatic heterocycles. The number of benzene rings is 1. The van der Waals surface area contributed by atoms with Gasteiger partial charge in [-0.25, -0.2) is 0 Å². The second kappa shape index (κ2) is 8.31. The van der Waals surface area contributed by atoms with Crippen LogP contribution in [0.2, 0.25) is 0 Å². The van der Waals surface area contributed by atoms with Crippen molar-refractivity contribution < 1.29 is 9.47 Å². The fourth-order valence-corrected chi connectivity index (χ4v) is 3.17. The van der Waals surface area contributed by atoms with Gasteiger partial charge in [-0.1, -0.05) is 12.1 Å². The largest absolute Gasteiger partial charge is 0.496 e. The van der Waals surface area contributed by atoms with Crippen LogP contribution in [0, 0.1) is 6.92 Å². The summed E-state index contributed by atoms with van der Waals surface area (Å²) < 4.78 is 12.9. The molecule has 0 saturated carbocycles. The first-order valence-electron chi connectivity index (χ1n) is 8.69. The molecule has 1 aliphatic heterocycles. The molecule has 5 heteroatoms. The zero-order valence-corrected chi connectivity index (χ0v) is 14.7. The first kappa shape index (κ1) is 17.0. The molecular weight excluding hydrogens is 302 g/mol. The minimum absolute atomic E-state index is 0.744. The Labute approximate surface area is 144 Å². The molecule has 0 amide bonds. The van der Waals surface area contributed by atoms with Crippen LogP contribution in [0.15, 0.2) is 30.6 Å². The fraction of sp³-hybridized carbons (Fsp3) is 0.526. The molecule has 0 N–H and O–H groups in total. The third-order valence-corrected chi connectivity index (χ3v) is 4.48. The lowest BCUT2D eigenvalue weighted by Crippen LogP contribution is -2.36. The lowest BCUT2D eigenvalue weighted by atomic mass is 10.0. The summed E-state index contributed by atoms with van der Waals surface area (Å²) in [5.41, 5.74) is 3.73. The molecule has 3 rings (SSSR count). The SMILES string of the molecule is COc1ccc(CCCN2CCOCC2)cc1Cn1cc(C)cn1. The summed E-state index contributed by atoms with van der Waals surface area (Å²) in [5.74, 6) is 0.931. The molecule has 2 heterocycles. The molecule has 1 aliphatic rings. The van der Waals surface area contributed by atoms with Gasteiger partial charge in [-0.3, -0.25) is 9.58 Å². The van der Waals surface area contributed by atoms with E-state index >= 15 is 0 Å². The predicted octanol–water partition coefficient (Wildman–Crippen LogP) is 2.51. The molecule has 24 heavy (non-hydrogen) atoms. The third-order valence-electron chi connectivity index (χ3n) is 4.48. The molecule has 2 aromatic rings. The summed E-state index contributed by atoms with van der Waals surface area (Å²) in [4.78, 5) is 2.49. The standard InChI is InChI=1S/C19H27N3O2/c1-16-13-20-22(14-16)15-18-12-17(5-6-19(18)23-2)4-3-7-21-8-10-24-11-9-21/h5-6,12-14H,3-4,7-11,15H2,1-2H3. The second-order valence-electron chi connectivity index (χ2n) is 6.42. The molecule has 0 radical (unpaired) electrons. The van der Waals surface area contributed by atoms with Crippen molar-refractivity contribution in [3.63, 3.8) is 0 Å². The van der Waals surface area contributed by atoms with Gasteiger partial charge in [0.1, 0.15) is 5.75 Å². The molecule has 1 aromatic carbocycles. The van der Waals surface area contributed by atoms with E-state index in [-0.39, 0.29) is 0 Å². The van der Waals surface area contributed by atoms with Gasteiger partial charge in [-0.15, -0.1) is 0 Å². The predicted molar refractivity (Wildman–Crippen MR) is 94.6 cm³/mol. The Morgan fingerprint density at radius 1 is 1.25 bits per heavy atom. The number of ether oxygens (including phenoxy) is 2. The highest BCUT2D eigenvalue weighted by atomic mass is 16.5. The van der Waals surface area contributed by atoms with Gasteiger partial charge in [0, 0.05) is 24.8 Å². The molecule has 0 bridgehead atoms. The highest BCUT2D eigenvalue weighted by molar-refractivity contribution is 5.37. The van der Waals surface area contributed by atoms with E-state index in [0.717, 1.165) is 51.6 Å². The van der Waals surface area contributed by atoms with Crippen LogP contribution >= 0.6 is 0 Å². The molecule has 1 saturated heterocycles. The summed E-state index contributed by atoms with van der Waals surface area (Å²) in [6, 6.07) is 6.51. The fourth-order valence-electron chi connectivity index (χ4n) is 3.17. The van der Waals surface area contributed by atoms with Crippen molar-refractivity contribution in [3.8, 4) is 5.75 Å². The van der Waals surface area contributed by atoms with Crippen LogP contribution in [0.4, 0.5) is 0 Å². The van der Waals surface area contributed by atoms with Crippen molar-refractivity contribution in [3.05, 3.63) is 47.3 Å². The van der Waals surface area contributed by atoms with Gasteiger partial charge in [0.05, 0.1) is 33.1 Å². The van der Waals surface area contributed by atoms with E-state index in [0.29, 0.717) is 0 Å². The van der Waals surface area contributed by atoms with Crippen LogP contribution in [-0.2, 0) is 17.7 Å². The molecule has 5 nitrogen and oxygen atoms in total. The molecule has 0 unspecified atom stereocenters. The van der Waals surface area contributed by atoms with Crippen LogP contribution in [0.3, 0.4) is 0 Å². The zero-order chi connectivity index (χ0) is 16.8. The topological polar surface area (TPSA) is 39.5 Å².